The molecule has 156 valence electrons. The Morgan fingerprint density at radius 2 is 1.86 bits per heavy atom. The van der Waals surface area contributed by atoms with Crippen molar-refractivity contribution in [2.24, 2.45) is 5.92 Å². The van der Waals surface area contributed by atoms with Crippen LogP contribution in [0.15, 0.2) is 16.8 Å². The van der Waals surface area contributed by atoms with Crippen molar-refractivity contribution in [2.75, 3.05) is 7.05 Å². The van der Waals surface area contributed by atoms with Crippen molar-refractivity contribution in [1.82, 2.24) is 25.5 Å². The van der Waals surface area contributed by atoms with Gasteiger partial charge in [-0.05, 0) is 64.2 Å². The van der Waals surface area contributed by atoms with Crippen LogP contribution in [-0.2, 0) is 22.6 Å². The number of hydrogen-bond donors (Lipinski definition) is 1. The molecule has 0 saturated heterocycles. The summed E-state index contributed by atoms with van der Waals surface area (Å²) in [5, 5.41) is 10.5. The molecular weight excluding hydrogens is 370 g/mol. The van der Waals surface area contributed by atoms with E-state index in [4.69, 9.17) is 0 Å². The number of aryl methyl sites for hydroxylation is 3. The third-order valence-electron chi connectivity index (χ3n) is 5.44. The molecule has 0 aromatic carbocycles. The Morgan fingerprint density at radius 1 is 1.14 bits per heavy atom. The Morgan fingerprint density at radius 3 is 2.48 bits per heavy atom. The third kappa shape index (κ3) is 5.62. The van der Waals surface area contributed by atoms with Crippen LogP contribution in [0, 0.1) is 26.7 Å². The van der Waals surface area contributed by atoms with Crippen molar-refractivity contribution >= 4 is 11.8 Å². The highest BCUT2D eigenvalue weighted by Gasteiger charge is 2.29. The molecule has 1 N–H and O–H groups in total. The molecule has 0 spiro atoms. The highest BCUT2D eigenvalue weighted by atomic mass is 16.6. The van der Waals surface area contributed by atoms with Crippen molar-refractivity contribution in [2.45, 2.75) is 65.5 Å². The SMILES string of the molecule is Cc1cc(C)nc(CN(C)C(=O)C2CCC(NC(=O)Cc3nonc3C)CC2)c1. The number of nitrogens with zero attached hydrogens (tertiary/aromatic N) is 4. The van der Waals surface area contributed by atoms with Crippen LogP contribution < -0.4 is 5.32 Å². The van der Waals surface area contributed by atoms with Crippen LogP contribution in [0.3, 0.4) is 0 Å². The van der Waals surface area contributed by atoms with Gasteiger partial charge in [-0.25, -0.2) is 4.63 Å². The molecule has 2 aromatic heterocycles. The van der Waals surface area contributed by atoms with Gasteiger partial charge in [-0.15, -0.1) is 0 Å². The molecule has 0 bridgehead atoms. The van der Waals surface area contributed by atoms with Crippen molar-refractivity contribution in [1.29, 1.82) is 0 Å². The second-order valence-corrected chi connectivity index (χ2v) is 8.06. The fraction of sp³-hybridized carbons (Fsp3) is 0.571. The van der Waals surface area contributed by atoms with E-state index in [-0.39, 0.29) is 30.2 Å². The van der Waals surface area contributed by atoms with Crippen molar-refractivity contribution in [3.05, 3.63) is 40.5 Å². The Bertz CT molecular complexity index is 851. The Balaban J connectivity index is 1.46. The first-order valence-corrected chi connectivity index (χ1v) is 10.1. The van der Waals surface area contributed by atoms with Gasteiger partial charge in [0.2, 0.25) is 11.8 Å². The minimum atomic E-state index is -0.0865. The zero-order valence-corrected chi connectivity index (χ0v) is 17.6. The monoisotopic (exact) mass is 399 g/mol. The number of rotatable bonds is 6. The van der Waals surface area contributed by atoms with Crippen LogP contribution in [0.5, 0.6) is 0 Å². The van der Waals surface area contributed by atoms with Crippen molar-refractivity contribution < 1.29 is 14.2 Å². The summed E-state index contributed by atoms with van der Waals surface area (Å²) < 4.78 is 4.63. The quantitative estimate of drug-likeness (QED) is 0.800. The van der Waals surface area contributed by atoms with E-state index in [1.165, 1.54) is 0 Å². The van der Waals surface area contributed by atoms with E-state index in [0.29, 0.717) is 17.9 Å². The molecule has 2 amide bonds. The van der Waals surface area contributed by atoms with Crippen LogP contribution >= 0.6 is 0 Å². The molecule has 29 heavy (non-hydrogen) atoms. The number of carbonyl (C=O) groups is 2. The Labute approximate surface area is 171 Å². The van der Waals surface area contributed by atoms with Gasteiger partial charge in [-0.2, -0.15) is 0 Å². The number of nitrogens with one attached hydrogen (secondary N) is 1. The minimum absolute atomic E-state index is 0.000966. The highest BCUT2D eigenvalue weighted by Crippen LogP contribution is 2.26. The van der Waals surface area contributed by atoms with Gasteiger partial charge in [-0.3, -0.25) is 14.6 Å². The molecule has 1 aliphatic carbocycles. The molecule has 2 aromatic rings. The van der Waals surface area contributed by atoms with Crippen LogP contribution in [0.1, 0.15) is 54.0 Å². The van der Waals surface area contributed by atoms with E-state index in [9.17, 15) is 9.59 Å². The normalized spacial score (nSPS) is 19.0. The molecule has 1 aliphatic rings. The van der Waals surface area contributed by atoms with E-state index >= 15 is 0 Å². The summed E-state index contributed by atoms with van der Waals surface area (Å²) >= 11 is 0. The van der Waals surface area contributed by atoms with E-state index in [2.05, 4.69) is 25.2 Å². The highest BCUT2D eigenvalue weighted by molar-refractivity contribution is 5.79. The Hall–Kier alpha value is -2.77. The molecule has 0 radical (unpaired) electrons. The van der Waals surface area contributed by atoms with Crippen LogP contribution in [-0.4, -0.2) is 45.1 Å². The lowest BCUT2D eigenvalue weighted by Crippen LogP contribution is -2.41. The lowest BCUT2D eigenvalue weighted by Gasteiger charge is -2.31. The lowest BCUT2D eigenvalue weighted by atomic mass is 9.85. The molecule has 0 aliphatic heterocycles. The molecule has 0 atom stereocenters. The smallest absolute Gasteiger partial charge is 0.226 e. The van der Waals surface area contributed by atoms with Gasteiger partial charge >= 0.3 is 0 Å². The Kier molecular flexibility index (Phi) is 6.61. The van der Waals surface area contributed by atoms with Gasteiger partial charge in [0, 0.05) is 24.7 Å². The van der Waals surface area contributed by atoms with Gasteiger partial charge in [0.1, 0.15) is 11.4 Å². The molecule has 1 fully saturated rings. The first-order chi connectivity index (χ1) is 13.8. The summed E-state index contributed by atoms with van der Waals surface area (Å²) in [5.74, 6) is 0.0673. The van der Waals surface area contributed by atoms with Gasteiger partial charge in [0.15, 0.2) is 0 Å². The molecule has 8 nitrogen and oxygen atoms in total. The standard InChI is InChI=1S/C21H29N5O3/c1-13-9-14(2)22-18(10-13)12-26(4)21(28)16-5-7-17(8-6-16)23-20(27)11-19-15(3)24-29-25-19/h9-10,16-17H,5-8,11-12H2,1-4H3,(H,23,27). The zero-order chi connectivity index (χ0) is 21.0. The predicted molar refractivity (Wildman–Crippen MR) is 107 cm³/mol. The first kappa shape index (κ1) is 21.0. The summed E-state index contributed by atoms with van der Waals surface area (Å²) in [4.78, 5) is 31.3. The maximum Gasteiger partial charge on any atom is 0.226 e. The topological polar surface area (TPSA) is 101 Å². The lowest BCUT2D eigenvalue weighted by molar-refractivity contribution is -0.136. The number of carbonyl (C=O) groups excluding carboxylic acids is 2. The van der Waals surface area contributed by atoms with E-state index in [1.54, 1.807) is 11.8 Å². The summed E-state index contributed by atoms with van der Waals surface area (Å²) in [7, 11) is 1.84. The number of amides is 2. The van der Waals surface area contributed by atoms with Gasteiger partial charge in [-0.1, -0.05) is 10.3 Å². The van der Waals surface area contributed by atoms with E-state index in [1.807, 2.05) is 33.0 Å². The second-order valence-electron chi connectivity index (χ2n) is 8.06. The van der Waals surface area contributed by atoms with E-state index in [0.717, 1.165) is 42.6 Å². The van der Waals surface area contributed by atoms with Crippen LogP contribution in [0.2, 0.25) is 0 Å². The van der Waals surface area contributed by atoms with Crippen LogP contribution in [0.25, 0.3) is 0 Å². The largest absolute Gasteiger partial charge is 0.353 e. The molecule has 2 heterocycles. The summed E-state index contributed by atoms with van der Waals surface area (Å²) in [6.07, 6.45) is 3.32. The van der Waals surface area contributed by atoms with Crippen LogP contribution in [0.4, 0.5) is 0 Å². The predicted octanol–water partition coefficient (Wildman–Crippen LogP) is 2.27. The van der Waals surface area contributed by atoms with Gasteiger partial charge in [0.25, 0.3) is 0 Å². The summed E-state index contributed by atoms with van der Waals surface area (Å²) in [6.45, 7) is 6.29. The molecule has 1 saturated carbocycles. The summed E-state index contributed by atoms with van der Waals surface area (Å²) in [5.41, 5.74) is 4.23. The number of hydrogen-bond acceptors (Lipinski definition) is 6. The fourth-order valence-corrected chi connectivity index (χ4v) is 3.96. The van der Waals surface area contributed by atoms with Gasteiger partial charge in [0.05, 0.1) is 18.7 Å². The van der Waals surface area contributed by atoms with Crippen molar-refractivity contribution in [3.8, 4) is 0 Å². The second kappa shape index (κ2) is 9.15. The maximum absolute atomic E-state index is 12.8. The van der Waals surface area contributed by atoms with E-state index < -0.39 is 0 Å². The minimum Gasteiger partial charge on any atom is -0.353 e. The summed E-state index contributed by atoms with van der Waals surface area (Å²) in [6, 6.07) is 4.15. The first-order valence-electron chi connectivity index (χ1n) is 10.1. The fourth-order valence-electron chi connectivity index (χ4n) is 3.96. The molecular formula is C21H29N5O3. The number of pyridine rings is 1. The number of aromatic nitrogens is 3. The third-order valence-corrected chi connectivity index (χ3v) is 5.44. The average Bonchev–Trinajstić information content (AvgIpc) is 3.05. The zero-order valence-electron chi connectivity index (χ0n) is 17.6. The molecule has 3 rings (SSSR count). The average molecular weight is 399 g/mol. The maximum atomic E-state index is 12.8. The van der Waals surface area contributed by atoms with Gasteiger partial charge < -0.3 is 10.2 Å². The molecule has 0 unspecified atom stereocenters. The molecule has 8 heteroatoms. The van der Waals surface area contributed by atoms with Crippen molar-refractivity contribution in [3.63, 3.8) is 0 Å².